The Morgan fingerprint density at radius 2 is 1.91 bits per heavy atom. The van der Waals surface area contributed by atoms with Gasteiger partial charge in [0.25, 0.3) is 5.91 Å². The molecule has 0 radical (unpaired) electrons. The van der Waals surface area contributed by atoms with E-state index in [1.54, 1.807) is 11.0 Å². The zero-order chi connectivity index (χ0) is 15.7. The van der Waals surface area contributed by atoms with Gasteiger partial charge in [-0.1, -0.05) is 23.8 Å². The van der Waals surface area contributed by atoms with Crippen molar-refractivity contribution in [2.75, 3.05) is 13.1 Å². The van der Waals surface area contributed by atoms with Gasteiger partial charge >= 0.3 is 5.69 Å². The predicted molar refractivity (Wildman–Crippen MR) is 84.9 cm³/mol. The standard InChI is InChI=1S/C17H19N3O2/c1-11-5-6-13(12(2)9-11)14-10-15(19-17(22)18-14)16(21)20-7-3-4-8-20/h5-6,9-10H,3-4,7-8H2,1-2H3,(H,18,19,22). The van der Waals surface area contributed by atoms with E-state index < -0.39 is 5.69 Å². The molecule has 1 aliphatic rings. The maximum Gasteiger partial charge on any atom is 0.346 e. The van der Waals surface area contributed by atoms with Crippen LogP contribution in [0.25, 0.3) is 11.3 Å². The summed E-state index contributed by atoms with van der Waals surface area (Å²) in [5, 5.41) is 0. The Morgan fingerprint density at radius 1 is 1.18 bits per heavy atom. The van der Waals surface area contributed by atoms with Crippen molar-refractivity contribution >= 4 is 5.91 Å². The highest BCUT2D eigenvalue weighted by Crippen LogP contribution is 2.22. The van der Waals surface area contributed by atoms with Gasteiger partial charge in [-0.25, -0.2) is 4.79 Å². The van der Waals surface area contributed by atoms with Gasteiger partial charge in [-0.15, -0.1) is 0 Å². The second-order valence-corrected chi connectivity index (χ2v) is 5.80. The minimum absolute atomic E-state index is 0.122. The van der Waals surface area contributed by atoms with Crippen molar-refractivity contribution in [3.63, 3.8) is 0 Å². The molecule has 0 unspecified atom stereocenters. The topological polar surface area (TPSA) is 66.1 Å². The molecular weight excluding hydrogens is 278 g/mol. The summed E-state index contributed by atoms with van der Waals surface area (Å²) in [6, 6.07) is 7.64. The Labute approximate surface area is 129 Å². The summed E-state index contributed by atoms with van der Waals surface area (Å²) in [5.74, 6) is -0.122. The van der Waals surface area contributed by atoms with Crippen LogP contribution in [0.1, 0.15) is 34.5 Å². The molecule has 2 heterocycles. The van der Waals surface area contributed by atoms with E-state index in [2.05, 4.69) is 9.97 Å². The van der Waals surface area contributed by atoms with Crippen molar-refractivity contribution in [3.05, 3.63) is 51.6 Å². The molecule has 0 aliphatic carbocycles. The number of carbonyl (C=O) groups excluding carboxylic acids is 1. The van der Waals surface area contributed by atoms with Crippen LogP contribution >= 0.6 is 0 Å². The second-order valence-electron chi connectivity index (χ2n) is 5.80. The fourth-order valence-electron chi connectivity index (χ4n) is 2.90. The molecule has 22 heavy (non-hydrogen) atoms. The number of hydrogen-bond acceptors (Lipinski definition) is 3. The molecule has 114 valence electrons. The third kappa shape index (κ3) is 2.79. The molecule has 1 amide bonds. The van der Waals surface area contributed by atoms with E-state index in [0.29, 0.717) is 11.4 Å². The van der Waals surface area contributed by atoms with Crippen LogP contribution in [0, 0.1) is 13.8 Å². The van der Waals surface area contributed by atoms with Crippen molar-refractivity contribution in [1.82, 2.24) is 14.9 Å². The Balaban J connectivity index is 2.02. The fourth-order valence-corrected chi connectivity index (χ4v) is 2.90. The highest BCUT2D eigenvalue weighted by molar-refractivity contribution is 5.93. The molecular formula is C17H19N3O2. The van der Waals surface area contributed by atoms with Crippen molar-refractivity contribution in [2.24, 2.45) is 0 Å². The van der Waals surface area contributed by atoms with Gasteiger partial charge in [0.15, 0.2) is 0 Å². The van der Waals surface area contributed by atoms with Crippen molar-refractivity contribution in [1.29, 1.82) is 0 Å². The zero-order valence-corrected chi connectivity index (χ0v) is 12.8. The first-order chi connectivity index (χ1) is 10.5. The first kappa shape index (κ1) is 14.5. The molecule has 1 N–H and O–H groups in total. The SMILES string of the molecule is Cc1ccc(-c2cc(C(=O)N3CCCC3)[nH]c(=O)n2)c(C)c1. The number of aromatic amines is 1. The van der Waals surface area contributed by atoms with Gasteiger partial charge in [0, 0.05) is 18.7 Å². The molecule has 0 saturated carbocycles. The molecule has 3 rings (SSSR count). The summed E-state index contributed by atoms with van der Waals surface area (Å²) < 4.78 is 0. The number of H-pyrrole nitrogens is 1. The zero-order valence-electron chi connectivity index (χ0n) is 12.8. The van der Waals surface area contributed by atoms with E-state index in [-0.39, 0.29) is 5.91 Å². The lowest BCUT2D eigenvalue weighted by atomic mass is 10.0. The summed E-state index contributed by atoms with van der Waals surface area (Å²) in [6.07, 6.45) is 2.04. The van der Waals surface area contributed by atoms with Crippen LogP contribution in [-0.2, 0) is 0 Å². The molecule has 1 fully saturated rings. The number of nitrogens with zero attached hydrogens (tertiary/aromatic N) is 2. The summed E-state index contributed by atoms with van der Waals surface area (Å²) in [6.45, 7) is 5.50. The Morgan fingerprint density at radius 3 is 2.59 bits per heavy atom. The third-order valence-electron chi connectivity index (χ3n) is 4.03. The Bertz CT molecular complexity index is 774. The second kappa shape index (κ2) is 5.75. The van der Waals surface area contributed by atoms with Crippen LogP contribution in [0.2, 0.25) is 0 Å². The van der Waals surface area contributed by atoms with Crippen LogP contribution in [0.4, 0.5) is 0 Å². The molecule has 1 aromatic carbocycles. The molecule has 0 bridgehead atoms. The van der Waals surface area contributed by atoms with Gasteiger partial charge in [0.05, 0.1) is 5.69 Å². The first-order valence-corrected chi connectivity index (χ1v) is 7.53. The predicted octanol–water partition coefficient (Wildman–Crippen LogP) is 2.29. The van der Waals surface area contributed by atoms with E-state index in [0.717, 1.165) is 42.6 Å². The molecule has 0 spiro atoms. The van der Waals surface area contributed by atoms with Crippen LogP contribution in [0.5, 0.6) is 0 Å². The molecule has 1 aromatic heterocycles. The monoisotopic (exact) mass is 297 g/mol. The van der Waals surface area contributed by atoms with Gasteiger partial charge < -0.3 is 9.88 Å². The summed E-state index contributed by atoms with van der Waals surface area (Å²) >= 11 is 0. The van der Waals surface area contributed by atoms with E-state index in [9.17, 15) is 9.59 Å². The number of carbonyl (C=O) groups is 1. The first-order valence-electron chi connectivity index (χ1n) is 7.53. The van der Waals surface area contributed by atoms with Crippen molar-refractivity contribution in [2.45, 2.75) is 26.7 Å². The summed E-state index contributed by atoms with van der Waals surface area (Å²) in [4.78, 5) is 32.7. The van der Waals surface area contributed by atoms with Crippen LogP contribution in [0.3, 0.4) is 0 Å². The molecule has 2 aromatic rings. The Hall–Kier alpha value is -2.43. The number of aromatic nitrogens is 2. The average Bonchev–Trinajstić information content (AvgIpc) is 3.00. The van der Waals surface area contributed by atoms with E-state index in [4.69, 9.17) is 0 Å². The van der Waals surface area contributed by atoms with Crippen LogP contribution in [-0.4, -0.2) is 33.9 Å². The highest BCUT2D eigenvalue weighted by atomic mass is 16.2. The minimum Gasteiger partial charge on any atom is -0.337 e. The number of nitrogens with one attached hydrogen (secondary N) is 1. The number of hydrogen-bond donors (Lipinski definition) is 1. The van der Waals surface area contributed by atoms with Gasteiger partial charge in [-0.3, -0.25) is 4.79 Å². The molecule has 0 atom stereocenters. The van der Waals surface area contributed by atoms with E-state index >= 15 is 0 Å². The number of benzene rings is 1. The average molecular weight is 297 g/mol. The number of aryl methyl sites for hydroxylation is 2. The van der Waals surface area contributed by atoms with Gasteiger partial charge in [0.2, 0.25) is 0 Å². The number of likely N-dealkylation sites (tertiary alicyclic amines) is 1. The normalized spacial score (nSPS) is 14.4. The molecule has 1 saturated heterocycles. The fraction of sp³-hybridized carbons (Fsp3) is 0.353. The van der Waals surface area contributed by atoms with E-state index in [1.165, 1.54) is 0 Å². The summed E-state index contributed by atoms with van der Waals surface area (Å²) in [7, 11) is 0. The third-order valence-corrected chi connectivity index (χ3v) is 4.03. The van der Waals surface area contributed by atoms with Crippen molar-refractivity contribution in [3.8, 4) is 11.3 Å². The smallest absolute Gasteiger partial charge is 0.337 e. The molecule has 1 aliphatic heterocycles. The lowest BCUT2D eigenvalue weighted by molar-refractivity contribution is 0.0786. The number of rotatable bonds is 2. The summed E-state index contributed by atoms with van der Waals surface area (Å²) in [5.41, 5.74) is 3.45. The maximum absolute atomic E-state index is 12.4. The minimum atomic E-state index is -0.486. The van der Waals surface area contributed by atoms with Crippen LogP contribution in [0.15, 0.2) is 29.1 Å². The quantitative estimate of drug-likeness (QED) is 0.925. The van der Waals surface area contributed by atoms with Gasteiger partial charge in [-0.2, -0.15) is 4.98 Å². The number of amides is 1. The van der Waals surface area contributed by atoms with Gasteiger partial charge in [0.1, 0.15) is 5.69 Å². The van der Waals surface area contributed by atoms with E-state index in [1.807, 2.05) is 32.0 Å². The Kier molecular flexibility index (Phi) is 3.79. The maximum atomic E-state index is 12.4. The molecule has 5 heteroatoms. The van der Waals surface area contributed by atoms with Crippen LogP contribution < -0.4 is 5.69 Å². The highest BCUT2D eigenvalue weighted by Gasteiger charge is 2.21. The lowest BCUT2D eigenvalue weighted by Gasteiger charge is -2.15. The molecule has 5 nitrogen and oxygen atoms in total. The van der Waals surface area contributed by atoms with Gasteiger partial charge in [-0.05, 0) is 38.3 Å². The van der Waals surface area contributed by atoms with Crippen molar-refractivity contribution < 1.29 is 4.79 Å². The largest absolute Gasteiger partial charge is 0.346 e. The lowest BCUT2D eigenvalue weighted by Crippen LogP contribution is -2.30.